The number of nitrogens with zero attached hydrogens (tertiary/aromatic N) is 3. The zero-order chi connectivity index (χ0) is 18.0. The molecular formula is C18H23N5O2. The fraction of sp³-hybridized carbons (Fsp3) is 0.389. The first kappa shape index (κ1) is 17.2. The van der Waals surface area contributed by atoms with Gasteiger partial charge < -0.3 is 20.5 Å². The lowest BCUT2D eigenvalue weighted by atomic mass is 10.0. The van der Waals surface area contributed by atoms with Crippen LogP contribution in [0, 0.1) is 5.41 Å². The van der Waals surface area contributed by atoms with Crippen molar-refractivity contribution in [1.29, 1.82) is 5.41 Å². The van der Waals surface area contributed by atoms with Gasteiger partial charge in [-0.3, -0.25) is 5.41 Å². The Hall–Kier alpha value is -2.67. The summed E-state index contributed by atoms with van der Waals surface area (Å²) in [5.41, 5.74) is 7.83. The average Bonchev–Trinajstić information content (AvgIpc) is 3.02. The van der Waals surface area contributed by atoms with Crippen LogP contribution in [0.1, 0.15) is 31.5 Å². The summed E-state index contributed by atoms with van der Waals surface area (Å²) in [7, 11) is 0. The van der Waals surface area contributed by atoms with Gasteiger partial charge in [-0.25, -0.2) is 9.97 Å². The van der Waals surface area contributed by atoms with Gasteiger partial charge in [0, 0.05) is 30.4 Å². The Morgan fingerprint density at radius 1 is 1.36 bits per heavy atom. The van der Waals surface area contributed by atoms with Crippen molar-refractivity contribution in [2.24, 2.45) is 0 Å². The monoisotopic (exact) mass is 341 g/mol. The number of nitrogen functional groups attached to an aromatic ring is 1. The number of nitrogens with two attached hydrogens (primary N) is 1. The highest BCUT2D eigenvalue weighted by molar-refractivity contribution is 6.13. The molecule has 1 fully saturated rings. The van der Waals surface area contributed by atoms with E-state index in [1.165, 1.54) is 6.33 Å². The van der Waals surface area contributed by atoms with Crippen LogP contribution < -0.4 is 15.4 Å². The summed E-state index contributed by atoms with van der Waals surface area (Å²) >= 11 is 0. The number of anilines is 2. The number of rotatable bonds is 5. The van der Waals surface area contributed by atoms with Crippen LogP contribution in [0.15, 0.2) is 30.6 Å². The highest BCUT2D eigenvalue weighted by Gasteiger charge is 2.22. The molecule has 132 valence electrons. The molecule has 0 radical (unpaired) electrons. The van der Waals surface area contributed by atoms with Crippen LogP contribution in [0.5, 0.6) is 5.75 Å². The first-order valence-corrected chi connectivity index (χ1v) is 8.34. The van der Waals surface area contributed by atoms with Crippen molar-refractivity contribution in [2.75, 3.05) is 23.7 Å². The molecule has 7 nitrogen and oxygen atoms in total. The first-order valence-electron chi connectivity index (χ1n) is 8.34. The molecule has 1 saturated heterocycles. The van der Waals surface area contributed by atoms with Gasteiger partial charge in [0.25, 0.3) is 0 Å². The van der Waals surface area contributed by atoms with Gasteiger partial charge in [-0.15, -0.1) is 0 Å². The van der Waals surface area contributed by atoms with Crippen LogP contribution in [0.25, 0.3) is 0 Å². The molecule has 1 aromatic carbocycles. The van der Waals surface area contributed by atoms with Crippen LogP contribution in [0.4, 0.5) is 11.5 Å². The van der Waals surface area contributed by atoms with Crippen molar-refractivity contribution < 1.29 is 9.84 Å². The summed E-state index contributed by atoms with van der Waals surface area (Å²) in [6.07, 6.45) is 1.86. The van der Waals surface area contributed by atoms with E-state index in [4.69, 9.17) is 15.9 Å². The predicted molar refractivity (Wildman–Crippen MR) is 97.4 cm³/mol. The molecule has 1 atom stereocenters. The molecule has 0 unspecified atom stereocenters. The largest absolute Gasteiger partial charge is 0.491 e. The van der Waals surface area contributed by atoms with Crippen LogP contribution in [0.2, 0.25) is 0 Å². The molecule has 0 saturated carbocycles. The topological polar surface area (TPSA) is 108 Å². The van der Waals surface area contributed by atoms with Crippen LogP contribution in [-0.4, -0.2) is 46.1 Å². The third-order valence-electron chi connectivity index (χ3n) is 4.06. The zero-order valence-corrected chi connectivity index (χ0v) is 14.4. The van der Waals surface area contributed by atoms with Crippen molar-refractivity contribution in [1.82, 2.24) is 9.97 Å². The van der Waals surface area contributed by atoms with Gasteiger partial charge in [0.1, 0.15) is 17.9 Å². The van der Waals surface area contributed by atoms with E-state index in [1.54, 1.807) is 24.3 Å². The number of β-amino-alcohol motifs (C(OH)–C–C–N with tert-alkyl or cyclic N) is 1. The molecule has 1 aromatic heterocycles. The van der Waals surface area contributed by atoms with Crippen LogP contribution >= 0.6 is 0 Å². The molecule has 4 N–H and O–H groups in total. The highest BCUT2D eigenvalue weighted by atomic mass is 16.5. The summed E-state index contributed by atoms with van der Waals surface area (Å²) in [6, 6.07) is 7.05. The SMILES string of the molecule is CC(C)Oc1ccc(N)c(C(=N)c2cc(N3CC[C@@H](O)C3)ncn2)c1. The number of hydrogen-bond donors (Lipinski definition) is 3. The number of hydrogen-bond acceptors (Lipinski definition) is 7. The van der Waals surface area contributed by atoms with Crippen molar-refractivity contribution in [3.8, 4) is 5.75 Å². The molecule has 2 aromatic rings. The number of nitrogens with one attached hydrogen (secondary N) is 1. The maximum Gasteiger partial charge on any atom is 0.132 e. The Balaban J connectivity index is 1.88. The molecule has 0 bridgehead atoms. The molecule has 7 heteroatoms. The standard InChI is InChI=1S/C18H23N5O2/c1-11(2)25-13-3-4-15(19)14(7-13)18(20)16-8-17(22-10-21-16)23-6-5-12(24)9-23/h3-4,7-8,10-12,20,24H,5-6,9,19H2,1-2H3/t12-/m1/s1. The third kappa shape index (κ3) is 3.88. The Kier molecular flexibility index (Phi) is 4.85. The maximum absolute atomic E-state index is 9.70. The van der Waals surface area contributed by atoms with E-state index in [-0.39, 0.29) is 17.9 Å². The lowest BCUT2D eigenvalue weighted by molar-refractivity contribution is 0.198. The lowest BCUT2D eigenvalue weighted by Crippen LogP contribution is -2.23. The van der Waals surface area contributed by atoms with Gasteiger partial charge in [-0.05, 0) is 38.5 Å². The average molecular weight is 341 g/mol. The van der Waals surface area contributed by atoms with Crippen LogP contribution in [0.3, 0.4) is 0 Å². The number of ether oxygens (including phenoxy) is 1. The van der Waals surface area contributed by atoms with Crippen molar-refractivity contribution in [2.45, 2.75) is 32.5 Å². The number of aromatic nitrogens is 2. The molecule has 1 aliphatic rings. The van der Waals surface area contributed by atoms with Crippen molar-refractivity contribution in [3.05, 3.63) is 41.9 Å². The molecule has 0 amide bonds. The van der Waals surface area contributed by atoms with E-state index in [9.17, 15) is 5.11 Å². The number of aliphatic hydroxyl groups excluding tert-OH is 1. The Labute approximate surface area is 147 Å². The molecule has 3 rings (SSSR count). The Morgan fingerprint density at radius 3 is 2.84 bits per heavy atom. The van der Waals surface area contributed by atoms with Crippen molar-refractivity contribution >= 4 is 17.2 Å². The second-order valence-electron chi connectivity index (χ2n) is 6.44. The maximum atomic E-state index is 9.70. The third-order valence-corrected chi connectivity index (χ3v) is 4.06. The highest BCUT2D eigenvalue weighted by Crippen LogP contribution is 2.24. The second kappa shape index (κ2) is 7.06. The van der Waals surface area contributed by atoms with E-state index >= 15 is 0 Å². The first-order chi connectivity index (χ1) is 11.9. The minimum atomic E-state index is -0.335. The second-order valence-corrected chi connectivity index (χ2v) is 6.44. The predicted octanol–water partition coefficient (Wildman–Crippen LogP) is 1.83. The molecule has 2 heterocycles. The summed E-state index contributed by atoms with van der Waals surface area (Å²) in [4.78, 5) is 10.5. The van der Waals surface area contributed by atoms with E-state index in [0.29, 0.717) is 35.1 Å². The summed E-state index contributed by atoms with van der Waals surface area (Å²) in [6.45, 7) is 5.18. The van der Waals surface area contributed by atoms with Crippen LogP contribution in [-0.2, 0) is 0 Å². The normalized spacial score (nSPS) is 17.1. The fourth-order valence-electron chi connectivity index (χ4n) is 2.84. The smallest absolute Gasteiger partial charge is 0.132 e. The van der Waals surface area contributed by atoms with Gasteiger partial charge in [0.15, 0.2) is 0 Å². The molecule has 0 spiro atoms. The minimum absolute atomic E-state index is 0.0397. The zero-order valence-electron chi connectivity index (χ0n) is 14.4. The number of aliphatic hydroxyl groups is 1. The summed E-state index contributed by atoms with van der Waals surface area (Å²) in [5, 5.41) is 18.2. The fourth-order valence-corrected chi connectivity index (χ4v) is 2.84. The van der Waals surface area contributed by atoms with E-state index in [2.05, 4.69) is 9.97 Å². The number of benzene rings is 1. The summed E-state index contributed by atoms with van der Waals surface area (Å²) < 4.78 is 5.69. The molecule has 25 heavy (non-hydrogen) atoms. The van der Waals surface area contributed by atoms with Crippen molar-refractivity contribution in [3.63, 3.8) is 0 Å². The minimum Gasteiger partial charge on any atom is -0.491 e. The van der Waals surface area contributed by atoms with Gasteiger partial charge in [-0.1, -0.05) is 0 Å². The van der Waals surface area contributed by atoms with Gasteiger partial charge >= 0.3 is 0 Å². The summed E-state index contributed by atoms with van der Waals surface area (Å²) in [5.74, 6) is 1.38. The quantitative estimate of drug-likeness (QED) is 0.565. The lowest BCUT2D eigenvalue weighted by Gasteiger charge is -2.17. The Morgan fingerprint density at radius 2 is 2.16 bits per heavy atom. The van der Waals surface area contributed by atoms with E-state index in [0.717, 1.165) is 13.0 Å². The molecule has 0 aliphatic carbocycles. The van der Waals surface area contributed by atoms with Gasteiger partial charge in [0.2, 0.25) is 0 Å². The molecular weight excluding hydrogens is 318 g/mol. The van der Waals surface area contributed by atoms with Gasteiger partial charge in [0.05, 0.1) is 23.6 Å². The molecule has 1 aliphatic heterocycles. The Bertz CT molecular complexity index is 778. The van der Waals surface area contributed by atoms with Gasteiger partial charge in [-0.2, -0.15) is 0 Å². The van der Waals surface area contributed by atoms with E-state index < -0.39 is 0 Å². The van der Waals surface area contributed by atoms with E-state index in [1.807, 2.05) is 18.7 Å².